The van der Waals surface area contributed by atoms with Crippen molar-refractivity contribution in [3.8, 4) is 23.0 Å². The second-order valence-corrected chi connectivity index (χ2v) is 12.6. The van der Waals surface area contributed by atoms with Crippen molar-refractivity contribution in [1.82, 2.24) is 39.5 Å². The summed E-state index contributed by atoms with van der Waals surface area (Å²) in [5, 5.41) is 13.6. The van der Waals surface area contributed by atoms with Crippen molar-refractivity contribution in [3.05, 3.63) is 132 Å². The highest BCUT2D eigenvalue weighted by atomic mass is 32.2. The van der Waals surface area contributed by atoms with Crippen LogP contribution in [0, 0.1) is 0 Å². The van der Waals surface area contributed by atoms with E-state index in [1.807, 2.05) is 45.8 Å². The van der Waals surface area contributed by atoms with Crippen molar-refractivity contribution in [3.63, 3.8) is 0 Å². The maximum atomic E-state index is 5.02. The molecule has 10 heteroatoms. The minimum absolute atomic E-state index is 0.340. The second kappa shape index (κ2) is 12.1. The van der Waals surface area contributed by atoms with Crippen molar-refractivity contribution in [2.24, 2.45) is 0 Å². The number of nitrogens with one attached hydrogen (secondary N) is 2. The van der Waals surface area contributed by atoms with E-state index in [1.165, 1.54) is 11.1 Å². The number of hydrogen-bond donors (Lipinski definition) is 2. The van der Waals surface area contributed by atoms with Crippen LogP contribution in [0.2, 0.25) is 0 Å². The molecule has 4 aromatic heterocycles. The zero-order valence-corrected chi connectivity index (χ0v) is 25.8. The maximum absolute atomic E-state index is 5.02. The highest BCUT2D eigenvalue weighted by molar-refractivity contribution is 7.98. The van der Waals surface area contributed by atoms with Crippen molar-refractivity contribution in [2.75, 3.05) is 0 Å². The largest absolute Gasteiger partial charge is 0.352 e. The van der Waals surface area contributed by atoms with E-state index < -0.39 is 0 Å². The molecule has 8 nitrogen and oxygen atoms in total. The zero-order chi connectivity index (χ0) is 30.0. The van der Waals surface area contributed by atoms with E-state index in [0.29, 0.717) is 17.0 Å². The summed E-state index contributed by atoms with van der Waals surface area (Å²) in [5.41, 5.74) is 6.37. The Kier molecular flexibility index (Phi) is 7.42. The molecule has 2 N–H and O–H groups in total. The first-order valence-electron chi connectivity index (χ1n) is 14.6. The summed E-state index contributed by atoms with van der Waals surface area (Å²) in [6.45, 7) is 0.340. The molecule has 0 spiro atoms. The van der Waals surface area contributed by atoms with Crippen LogP contribution in [0.25, 0.3) is 44.8 Å². The van der Waals surface area contributed by atoms with E-state index in [0.717, 1.165) is 56.3 Å². The molecule has 0 amide bonds. The van der Waals surface area contributed by atoms with E-state index in [-0.39, 0.29) is 0 Å². The number of rotatable bonds is 10. The quantitative estimate of drug-likeness (QED) is 0.149. The number of H-pyrrole nitrogens is 2. The number of aromatic nitrogens is 8. The number of benzene rings is 4. The summed E-state index contributed by atoms with van der Waals surface area (Å²) in [5.74, 6) is 3.05. The van der Waals surface area contributed by atoms with Crippen LogP contribution in [0.4, 0.5) is 0 Å². The monoisotopic (exact) mass is 624 g/mol. The van der Waals surface area contributed by atoms with E-state index in [2.05, 4.69) is 94.9 Å². The number of thioether (sulfide) groups is 2. The third-order valence-electron chi connectivity index (χ3n) is 7.54. The Morgan fingerprint density at radius 1 is 0.511 bits per heavy atom. The van der Waals surface area contributed by atoms with Gasteiger partial charge in [0.05, 0.1) is 11.4 Å². The van der Waals surface area contributed by atoms with Gasteiger partial charge >= 0.3 is 0 Å². The molecule has 220 valence electrons. The first-order valence-corrected chi connectivity index (χ1v) is 16.6. The van der Waals surface area contributed by atoms with Gasteiger partial charge < -0.3 is 9.97 Å². The van der Waals surface area contributed by atoms with Crippen LogP contribution < -0.4 is 0 Å². The first-order chi connectivity index (χ1) is 22.2. The third-order valence-corrected chi connectivity index (χ3v) is 9.35. The van der Waals surface area contributed by atoms with Gasteiger partial charge in [-0.05, 0) is 35.4 Å². The molecular formula is C35H28N8S2. The lowest BCUT2D eigenvalue weighted by molar-refractivity contribution is 0.496. The second-order valence-electron chi connectivity index (χ2n) is 10.7. The maximum Gasteiger partial charge on any atom is 0.209 e. The number of hydrogen-bond acceptors (Lipinski definition) is 6. The van der Waals surface area contributed by atoms with Crippen molar-refractivity contribution >= 4 is 45.3 Å². The average Bonchev–Trinajstić information content (AvgIpc) is 3.88. The molecule has 0 bridgehead atoms. The number of fused-ring (bicyclic) bond motifs is 2. The number of para-hydroxylation sites is 2. The molecule has 0 atom stereocenters. The number of nitrogens with zero attached hydrogens (tertiary/aromatic N) is 6. The van der Waals surface area contributed by atoms with E-state index in [9.17, 15) is 0 Å². The Balaban J connectivity index is 1.18. The van der Waals surface area contributed by atoms with Crippen LogP contribution in [0.1, 0.15) is 11.1 Å². The standard InChI is InChI=1S/C35H28N8S2/c1-3-11-24(12-4-1)21-44-34-38-32(30-19-26-15-7-9-17-28(26)36-30)42(40-34)23-43-33(31-20-27-16-8-10-18-29(27)37-31)39-35(41-43)45-22-25-13-5-2-6-14-25/h1-20,36-37H,21-23H2. The number of aromatic amines is 2. The zero-order valence-electron chi connectivity index (χ0n) is 24.2. The van der Waals surface area contributed by atoms with Gasteiger partial charge in [0.2, 0.25) is 10.3 Å². The molecule has 45 heavy (non-hydrogen) atoms. The molecule has 0 saturated heterocycles. The third kappa shape index (κ3) is 5.90. The Labute approximate surface area is 267 Å². The van der Waals surface area contributed by atoms with Crippen LogP contribution in [-0.2, 0) is 18.2 Å². The molecule has 0 fully saturated rings. The molecular weight excluding hydrogens is 597 g/mol. The van der Waals surface area contributed by atoms with E-state index in [4.69, 9.17) is 20.2 Å². The highest BCUT2D eigenvalue weighted by Crippen LogP contribution is 2.30. The molecule has 4 heterocycles. The normalized spacial score (nSPS) is 11.6. The molecule has 0 saturated carbocycles. The highest BCUT2D eigenvalue weighted by Gasteiger charge is 2.20. The predicted octanol–water partition coefficient (Wildman–Crippen LogP) is 8.26. The lowest BCUT2D eigenvalue weighted by atomic mass is 10.2. The molecule has 0 aliphatic heterocycles. The summed E-state index contributed by atoms with van der Waals surface area (Å²) in [6.07, 6.45) is 0. The van der Waals surface area contributed by atoms with Gasteiger partial charge in [-0.2, -0.15) is 9.97 Å². The van der Waals surface area contributed by atoms with Crippen LogP contribution in [-0.4, -0.2) is 39.5 Å². The molecule has 0 unspecified atom stereocenters. The first kappa shape index (κ1) is 27.5. The van der Waals surface area contributed by atoms with Crippen molar-refractivity contribution in [2.45, 2.75) is 28.5 Å². The molecule has 4 aromatic carbocycles. The fourth-order valence-electron chi connectivity index (χ4n) is 5.32. The summed E-state index contributed by atoms with van der Waals surface area (Å²) in [6, 6.07) is 41.5. The fraction of sp³-hybridized carbons (Fsp3) is 0.0857. The van der Waals surface area contributed by atoms with Crippen molar-refractivity contribution in [1.29, 1.82) is 0 Å². The minimum atomic E-state index is 0.340. The topological polar surface area (TPSA) is 93.0 Å². The summed E-state index contributed by atoms with van der Waals surface area (Å²) >= 11 is 3.25. The molecule has 0 radical (unpaired) electrons. The van der Waals surface area contributed by atoms with Gasteiger partial charge in [-0.1, -0.05) is 121 Å². The Bertz CT molecular complexity index is 1990. The molecule has 0 aliphatic carbocycles. The molecule has 8 aromatic rings. The van der Waals surface area contributed by atoms with Crippen LogP contribution in [0.3, 0.4) is 0 Å². The van der Waals surface area contributed by atoms with Crippen LogP contribution in [0.5, 0.6) is 0 Å². The minimum Gasteiger partial charge on any atom is -0.352 e. The summed E-state index contributed by atoms with van der Waals surface area (Å²) < 4.78 is 3.84. The lowest BCUT2D eigenvalue weighted by Gasteiger charge is -2.07. The lowest BCUT2D eigenvalue weighted by Crippen LogP contribution is -2.14. The van der Waals surface area contributed by atoms with Gasteiger partial charge in [0.25, 0.3) is 0 Å². The van der Waals surface area contributed by atoms with E-state index >= 15 is 0 Å². The van der Waals surface area contributed by atoms with Gasteiger partial charge in [0.1, 0.15) is 6.67 Å². The Morgan fingerprint density at radius 3 is 1.38 bits per heavy atom. The summed E-state index contributed by atoms with van der Waals surface area (Å²) in [7, 11) is 0. The van der Waals surface area contributed by atoms with Crippen LogP contribution in [0.15, 0.2) is 132 Å². The molecule has 8 rings (SSSR count). The van der Waals surface area contributed by atoms with E-state index in [1.54, 1.807) is 23.5 Å². The average molecular weight is 625 g/mol. The van der Waals surface area contributed by atoms with Crippen LogP contribution >= 0.6 is 23.5 Å². The molecule has 0 aliphatic rings. The summed E-state index contributed by atoms with van der Waals surface area (Å²) in [4.78, 5) is 17.1. The SMILES string of the molecule is c1ccc(CSc2nc(-c3cc4ccccc4[nH]3)n(Cn3nc(SCc4ccccc4)nc3-c3cc4ccccc4[nH]3)n2)cc1. The van der Waals surface area contributed by atoms with Crippen molar-refractivity contribution < 1.29 is 0 Å². The Morgan fingerprint density at radius 2 is 0.933 bits per heavy atom. The Hall–Kier alpha value is -5.06. The van der Waals surface area contributed by atoms with Gasteiger partial charge in [-0.25, -0.2) is 9.36 Å². The van der Waals surface area contributed by atoms with Gasteiger partial charge in [0.15, 0.2) is 11.6 Å². The van der Waals surface area contributed by atoms with Gasteiger partial charge in [-0.15, -0.1) is 10.2 Å². The van der Waals surface area contributed by atoms with Gasteiger partial charge in [-0.3, -0.25) is 0 Å². The smallest absolute Gasteiger partial charge is 0.209 e. The predicted molar refractivity (Wildman–Crippen MR) is 182 cm³/mol. The fourth-order valence-corrected chi connectivity index (χ4v) is 6.91. The van der Waals surface area contributed by atoms with Gasteiger partial charge in [0, 0.05) is 33.3 Å².